The molecule has 0 fully saturated rings. The van der Waals surface area contributed by atoms with Crippen molar-refractivity contribution in [2.45, 2.75) is 13.1 Å². The van der Waals surface area contributed by atoms with E-state index in [4.69, 9.17) is 0 Å². The van der Waals surface area contributed by atoms with Crippen molar-refractivity contribution in [3.8, 4) is 17.2 Å². The van der Waals surface area contributed by atoms with Crippen LogP contribution in [0.25, 0.3) is 27.7 Å². The zero-order chi connectivity index (χ0) is 17.8. The van der Waals surface area contributed by atoms with Gasteiger partial charge in [-0.15, -0.1) is 5.10 Å². The van der Waals surface area contributed by atoms with Gasteiger partial charge < -0.3 is 0 Å². The number of aryl methyl sites for hydroxylation is 1. The monoisotopic (exact) mass is 342 g/mol. The van der Waals surface area contributed by atoms with Crippen molar-refractivity contribution < 1.29 is 13.2 Å². The summed E-state index contributed by atoms with van der Waals surface area (Å²) in [4.78, 5) is 3.62. The number of aromatic nitrogens is 5. The molecule has 9 heteroatoms. The minimum Gasteiger partial charge on any atom is -0.278 e. The molecule has 25 heavy (non-hydrogen) atoms. The van der Waals surface area contributed by atoms with E-state index in [9.17, 15) is 18.4 Å². The molecule has 4 aromatic rings. The van der Waals surface area contributed by atoms with Crippen molar-refractivity contribution in [1.29, 1.82) is 5.26 Å². The molecule has 0 bridgehead atoms. The van der Waals surface area contributed by atoms with Crippen LogP contribution in [0.4, 0.5) is 13.2 Å². The van der Waals surface area contributed by atoms with E-state index in [1.807, 2.05) is 13.0 Å². The fourth-order valence-corrected chi connectivity index (χ4v) is 2.82. The Kier molecular flexibility index (Phi) is 3.05. The molecule has 0 aliphatic heterocycles. The van der Waals surface area contributed by atoms with E-state index in [2.05, 4.69) is 20.3 Å². The van der Waals surface area contributed by atoms with Crippen LogP contribution >= 0.6 is 0 Å². The van der Waals surface area contributed by atoms with Gasteiger partial charge >= 0.3 is 6.18 Å². The van der Waals surface area contributed by atoms with E-state index >= 15 is 0 Å². The number of fused-ring (bicyclic) bond motifs is 2. The van der Waals surface area contributed by atoms with E-state index in [0.717, 1.165) is 21.0 Å². The summed E-state index contributed by atoms with van der Waals surface area (Å²) < 4.78 is 39.9. The van der Waals surface area contributed by atoms with Gasteiger partial charge in [-0.05, 0) is 36.2 Å². The van der Waals surface area contributed by atoms with E-state index < -0.39 is 12.0 Å². The van der Waals surface area contributed by atoms with Crippen molar-refractivity contribution in [1.82, 2.24) is 24.8 Å². The zero-order valence-corrected chi connectivity index (χ0v) is 12.8. The summed E-state index contributed by atoms with van der Waals surface area (Å²) in [5.41, 5.74) is 2.76. The summed E-state index contributed by atoms with van der Waals surface area (Å²) in [6, 6.07) is 6.96. The number of nitrogens with one attached hydrogen (secondary N) is 1. The van der Waals surface area contributed by atoms with Crippen LogP contribution in [-0.2, 0) is 6.18 Å². The van der Waals surface area contributed by atoms with Crippen molar-refractivity contribution in [3.05, 3.63) is 47.5 Å². The number of benzene rings is 1. The molecule has 0 saturated heterocycles. The Bertz CT molecular complexity index is 1160. The fourth-order valence-electron chi connectivity index (χ4n) is 2.82. The molecule has 0 atom stereocenters. The van der Waals surface area contributed by atoms with Gasteiger partial charge in [-0.25, -0.2) is 9.50 Å². The van der Waals surface area contributed by atoms with Gasteiger partial charge in [0, 0.05) is 17.1 Å². The predicted molar refractivity (Wildman–Crippen MR) is 82.5 cm³/mol. The predicted octanol–water partition coefficient (Wildman–Crippen LogP) is 3.47. The zero-order valence-electron chi connectivity index (χ0n) is 12.8. The van der Waals surface area contributed by atoms with Crippen LogP contribution in [0.1, 0.15) is 17.0 Å². The van der Waals surface area contributed by atoms with Crippen LogP contribution in [-0.4, -0.2) is 24.8 Å². The van der Waals surface area contributed by atoms with Gasteiger partial charge in [0.05, 0.1) is 23.3 Å². The Morgan fingerprint density at radius 2 is 2.08 bits per heavy atom. The molecule has 0 radical (unpaired) electrons. The third-order valence-corrected chi connectivity index (χ3v) is 3.92. The standard InChI is InChI=1S/C16H9F3N6/c1-8-4-10(5-11-7-21-23-13(8)11)12-9(6-20)2-3-25-14(12)22-15(24-25)16(17,18)19/h2-5,7H,1H3,(H,21,23). The number of aromatic amines is 1. The lowest BCUT2D eigenvalue weighted by molar-refractivity contribution is -0.144. The molecule has 1 aromatic carbocycles. The maximum atomic E-state index is 13.0. The molecule has 0 spiro atoms. The molecule has 3 heterocycles. The van der Waals surface area contributed by atoms with Gasteiger partial charge in [0.15, 0.2) is 5.65 Å². The van der Waals surface area contributed by atoms with Crippen LogP contribution in [0.5, 0.6) is 0 Å². The summed E-state index contributed by atoms with van der Waals surface area (Å²) in [6.45, 7) is 1.85. The van der Waals surface area contributed by atoms with Crippen LogP contribution in [0, 0.1) is 18.3 Å². The first-order chi connectivity index (χ1) is 11.9. The summed E-state index contributed by atoms with van der Waals surface area (Å²) in [5.74, 6) is -1.25. The Labute approximate surface area is 138 Å². The second-order valence-electron chi connectivity index (χ2n) is 5.54. The highest BCUT2D eigenvalue weighted by molar-refractivity contribution is 5.91. The Morgan fingerprint density at radius 1 is 1.28 bits per heavy atom. The highest BCUT2D eigenvalue weighted by Gasteiger charge is 2.36. The minimum atomic E-state index is -4.67. The smallest absolute Gasteiger partial charge is 0.278 e. The van der Waals surface area contributed by atoms with Gasteiger partial charge in [0.25, 0.3) is 5.82 Å². The van der Waals surface area contributed by atoms with Crippen molar-refractivity contribution in [3.63, 3.8) is 0 Å². The van der Waals surface area contributed by atoms with Crippen LogP contribution in [0.15, 0.2) is 30.6 Å². The minimum absolute atomic E-state index is 0.0198. The van der Waals surface area contributed by atoms with Crippen LogP contribution in [0.3, 0.4) is 0 Å². The average Bonchev–Trinajstić information content (AvgIpc) is 3.19. The highest BCUT2D eigenvalue weighted by Crippen LogP contribution is 2.33. The average molecular weight is 342 g/mol. The number of rotatable bonds is 1. The lowest BCUT2D eigenvalue weighted by Crippen LogP contribution is -2.07. The maximum Gasteiger partial charge on any atom is 0.453 e. The number of hydrogen-bond donors (Lipinski definition) is 1. The lowest BCUT2D eigenvalue weighted by Gasteiger charge is -2.07. The number of nitriles is 1. The number of alkyl halides is 3. The Hall–Kier alpha value is -3.41. The second kappa shape index (κ2) is 5.04. The Morgan fingerprint density at radius 3 is 2.80 bits per heavy atom. The van der Waals surface area contributed by atoms with Crippen molar-refractivity contribution in [2.24, 2.45) is 0 Å². The normalized spacial score (nSPS) is 12.0. The molecule has 124 valence electrons. The molecule has 0 aliphatic rings. The molecule has 6 nitrogen and oxygen atoms in total. The van der Waals surface area contributed by atoms with Crippen molar-refractivity contribution in [2.75, 3.05) is 0 Å². The molecule has 0 unspecified atom stereocenters. The molecule has 0 saturated carbocycles. The number of halogens is 3. The van der Waals surface area contributed by atoms with Gasteiger partial charge in [-0.1, -0.05) is 0 Å². The number of pyridine rings is 1. The van der Waals surface area contributed by atoms with Gasteiger partial charge in [-0.2, -0.15) is 23.5 Å². The first-order valence-corrected chi connectivity index (χ1v) is 7.19. The molecular weight excluding hydrogens is 333 g/mol. The van der Waals surface area contributed by atoms with E-state index in [0.29, 0.717) is 11.1 Å². The van der Waals surface area contributed by atoms with Gasteiger partial charge in [-0.3, -0.25) is 5.10 Å². The number of nitrogens with zero attached hydrogens (tertiary/aromatic N) is 5. The summed E-state index contributed by atoms with van der Waals surface area (Å²) in [6.07, 6.45) is -1.76. The Balaban J connectivity index is 2.07. The van der Waals surface area contributed by atoms with E-state index in [-0.39, 0.29) is 11.2 Å². The summed E-state index contributed by atoms with van der Waals surface area (Å²) in [5, 5.41) is 20.5. The first kappa shape index (κ1) is 15.1. The fraction of sp³-hybridized carbons (Fsp3) is 0.125. The third kappa shape index (κ3) is 2.30. The summed E-state index contributed by atoms with van der Waals surface area (Å²) in [7, 11) is 0. The van der Waals surface area contributed by atoms with E-state index in [1.165, 1.54) is 12.3 Å². The molecule has 1 N–H and O–H groups in total. The number of hydrogen-bond acceptors (Lipinski definition) is 4. The quantitative estimate of drug-likeness (QED) is 0.574. The third-order valence-electron chi connectivity index (χ3n) is 3.92. The molecule has 0 amide bonds. The molecule has 3 aromatic heterocycles. The molecular formula is C16H9F3N6. The van der Waals surface area contributed by atoms with Gasteiger partial charge in [0.1, 0.15) is 0 Å². The topological polar surface area (TPSA) is 82.7 Å². The number of H-pyrrole nitrogens is 1. The molecule has 4 rings (SSSR count). The second-order valence-corrected chi connectivity index (χ2v) is 5.54. The van der Waals surface area contributed by atoms with E-state index in [1.54, 1.807) is 18.3 Å². The highest BCUT2D eigenvalue weighted by atomic mass is 19.4. The van der Waals surface area contributed by atoms with Gasteiger partial charge in [0.2, 0.25) is 0 Å². The SMILES string of the molecule is Cc1cc(-c2c(C#N)ccn3nc(C(F)(F)F)nc23)cc2cn[nH]c12. The van der Waals surface area contributed by atoms with Crippen LogP contribution < -0.4 is 0 Å². The lowest BCUT2D eigenvalue weighted by atomic mass is 9.98. The maximum absolute atomic E-state index is 13.0. The van der Waals surface area contributed by atoms with Crippen molar-refractivity contribution >= 4 is 16.6 Å². The molecule has 0 aliphatic carbocycles. The van der Waals surface area contributed by atoms with Crippen LogP contribution in [0.2, 0.25) is 0 Å². The largest absolute Gasteiger partial charge is 0.453 e. The summed E-state index contributed by atoms with van der Waals surface area (Å²) >= 11 is 0. The first-order valence-electron chi connectivity index (χ1n) is 7.19.